The summed E-state index contributed by atoms with van der Waals surface area (Å²) in [7, 11) is 0. The number of hydrogen-bond acceptors (Lipinski definition) is 4. The van der Waals surface area contributed by atoms with Crippen molar-refractivity contribution in [2.45, 2.75) is 32.2 Å². The van der Waals surface area contributed by atoms with Gasteiger partial charge in [-0.1, -0.05) is 36.2 Å². The first-order valence-corrected chi connectivity index (χ1v) is 8.44. The Hall–Kier alpha value is -1.20. The number of benzene rings is 1. The number of nitrogens with zero attached hydrogens (tertiary/aromatic N) is 1. The molecule has 0 spiro atoms. The van der Waals surface area contributed by atoms with Gasteiger partial charge in [0.1, 0.15) is 0 Å². The van der Waals surface area contributed by atoms with E-state index in [-0.39, 0.29) is 5.84 Å². The van der Waals surface area contributed by atoms with E-state index in [1.807, 2.05) is 36.0 Å². The quantitative estimate of drug-likeness (QED) is 0.204. The van der Waals surface area contributed by atoms with E-state index < -0.39 is 0 Å². The second-order valence-corrected chi connectivity index (χ2v) is 5.76. The van der Waals surface area contributed by atoms with Gasteiger partial charge in [0, 0.05) is 12.1 Å². The monoisotopic (exact) mass is 295 g/mol. The zero-order valence-electron chi connectivity index (χ0n) is 12.1. The van der Waals surface area contributed by atoms with Crippen LogP contribution in [0.25, 0.3) is 0 Å². The third-order valence-corrected chi connectivity index (χ3v) is 3.81. The van der Waals surface area contributed by atoms with E-state index in [0.29, 0.717) is 0 Å². The second-order valence-electron chi connectivity index (χ2n) is 4.77. The number of oxime groups is 1. The molecule has 20 heavy (non-hydrogen) atoms. The molecule has 0 fully saturated rings. The predicted octanol–water partition coefficient (Wildman–Crippen LogP) is 2.79. The SMILES string of the molecule is CSCCCCCCNCc1cccc(/C(N)=N/O)c1. The Morgan fingerprint density at radius 1 is 1.30 bits per heavy atom. The Balaban J connectivity index is 2.19. The summed E-state index contributed by atoms with van der Waals surface area (Å²) in [6.07, 6.45) is 7.31. The van der Waals surface area contributed by atoms with Gasteiger partial charge in [-0.15, -0.1) is 0 Å². The fourth-order valence-electron chi connectivity index (χ4n) is 1.98. The molecule has 0 aliphatic rings. The minimum absolute atomic E-state index is 0.153. The maximum atomic E-state index is 8.66. The molecular formula is C15H25N3OS. The molecule has 0 bridgehead atoms. The van der Waals surface area contributed by atoms with Crippen molar-refractivity contribution < 1.29 is 5.21 Å². The normalized spacial score (nSPS) is 11.8. The lowest BCUT2D eigenvalue weighted by Crippen LogP contribution is -2.16. The molecule has 0 aliphatic carbocycles. The van der Waals surface area contributed by atoms with Gasteiger partial charge >= 0.3 is 0 Å². The predicted molar refractivity (Wildman–Crippen MR) is 87.5 cm³/mol. The van der Waals surface area contributed by atoms with Crippen LogP contribution in [0.1, 0.15) is 36.8 Å². The highest BCUT2D eigenvalue weighted by molar-refractivity contribution is 7.98. The van der Waals surface area contributed by atoms with E-state index in [0.717, 1.165) is 24.2 Å². The van der Waals surface area contributed by atoms with Crippen molar-refractivity contribution >= 4 is 17.6 Å². The van der Waals surface area contributed by atoms with Gasteiger partial charge in [0.05, 0.1) is 0 Å². The largest absolute Gasteiger partial charge is 0.409 e. The summed E-state index contributed by atoms with van der Waals surface area (Å²) in [4.78, 5) is 0. The summed E-state index contributed by atoms with van der Waals surface area (Å²) < 4.78 is 0. The first-order valence-electron chi connectivity index (χ1n) is 7.04. The molecule has 0 radical (unpaired) electrons. The lowest BCUT2D eigenvalue weighted by Gasteiger charge is -2.06. The van der Waals surface area contributed by atoms with Gasteiger partial charge in [0.15, 0.2) is 5.84 Å². The Bertz CT molecular complexity index is 410. The van der Waals surface area contributed by atoms with Gasteiger partial charge in [0.2, 0.25) is 0 Å². The number of rotatable bonds is 10. The molecule has 0 saturated heterocycles. The van der Waals surface area contributed by atoms with Gasteiger partial charge in [-0.2, -0.15) is 11.8 Å². The van der Waals surface area contributed by atoms with Crippen LogP contribution in [-0.2, 0) is 6.54 Å². The molecule has 0 heterocycles. The van der Waals surface area contributed by atoms with Crippen LogP contribution in [0.4, 0.5) is 0 Å². The number of thioether (sulfide) groups is 1. The molecule has 4 N–H and O–H groups in total. The number of unbranched alkanes of at least 4 members (excludes halogenated alkanes) is 3. The third kappa shape index (κ3) is 6.82. The number of nitrogens with one attached hydrogen (secondary N) is 1. The summed E-state index contributed by atoms with van der Waals surface area (Å²) in [5, 5.41) is 15.1. The first kappa shape index (κ1) is 16.9. The van der Waals surface area contributed by atoms with Crippen LogP contribution < -0.4 is 11.1 Å². The summed E-state index contributed by atoms with van der Waals surface area (Å²) >= 11 is 1.92. The Morgan fingerprint density at radius 3 is 2.85 bits per heavy atom. The van der Waals surface area contributed by atoms with Crippen LogP contribution in [0.5, 0.6) is 0 Å². The molecule has 112 valence electrons. The van der Waals surface area contributed by atoms with Crippen molar-refractivity contribution in [2.24, 2.45) is 10.9 Å². The van der Waals surface area contributed by atoms with E-state index in [1.165, 1.54) is 31.4 Å². The molecule has 0 unspecified atom stereocenters. The maximum absolute atomic E-state index is 8.66. The minimum Gasteiger partial charge on any atom is -0.409 e. The van der Waals surface area contributed by atoms with E-state index in [4.69, 9.17) is 10.9 Å². The van der Waals surface area contributed by atoms with Crippen LogP contribution in [0.3, 0.4) is 0 Å². The topological polar surface area (TPSA) is 70.6 Å². The fourth-order valence-corrected chi connectivity index (χ4v) is 2.47. The van der Waals surface area contributed by atoms with Gasteiger partial charge in [-0.3, -0.25) is 0 Å². The lowest BCUT2D eigenvalue weighted by molar-refractivity contribution is 0.318. The van der Waals surface area contributed by atoms with Crippen molar-refractivity contribution in [2.75, 3.05) is 18.6 Å². The zero-order chi connectivity index (χ0) is 14.6. The van der Waals surface area contributed by atoms with Gasteiger partial charge in [-0.25, -0.2) is 0 Å². The van der Waals surface area contributed by atoms with Crippen LogP contribution in [-0.4, -0.2) is 29.6 Å². The van der Waals surface area contributed by atoms with Crippen LogP contribution in [0.2, 0.25) is 0 Å². The molecule has 4 nitrogen and oxygen atoms in total. The van der Waals surface area contributed by atoms with E-state index in [2.05, 4.69) is 16.7 Å². The number of nitrogens with two attached hydrogens (primary N) is 1. The molecule has 0 aliphatic heterocycles. The van der Waals surface area contributed by atoms with E-state index in [9.17, 15) is 0 Å². The average Bonchev–Trinajstić information content (AvgIpc) is 2.49. The molecule has 0 aromatic heterocycles. The third-order valence-electron chi connectivity index (χ3n) is 3.11. The Labute approximate surface area is 125 Å². The van der Waals surface area contributed by atoms with Crippen LogP contribution in [0, 0.1) is 0 Å². The highest BCUT2D eigenvalue weighted by Crippen LogP contribution is 2.06. The summed E-state index contributed by atoms with van der Waals surface area (Å²) in [5.74, 6) is 1.43. The molecule has 5 heteroatoms. The summed E-state index contributed by atoms with van der Waals surface area (Å²) in [6.45, 7) is 1.85. The smallest absolute Gasteiger partial charge is 0.170 e. The highest BCUT2D eigenvalue weighted by Gasteiger charge is 2.00. The fraction of sp³-hybridized carbons (Fsp3) is 0.533. The molecule has 1 aromatic rings. The lowest BCUT2D eigenvalue weighted by atomic mass is 10.1. The Kier molecular flexibility index (Phi) is 8.91. The average molecular weight is 295 g/mol. The molecule has 1 aromatic carbocycles. The van der Waals surface area contributed by atoms with Crippen molar-refractivity contribution in [1.29, 1.82) is 0 Å². The summed E-state index contributed by atoms with van der Waals surface area (Å²) in [5.41, 5.74) is 7.48. The van der Waals surface area contributed by atoms with E-state index >= 15 is 0 Å². The number of hydrogen-bond donors (Lipinski definition) is 3. The van der Waals surface area contributed by atoms with Gasteiger partial charge < -0.3 is 16.3 Å². The van der Waals surface area contributed by atoms with E-state index in [1.54, 1.807) is 0 Å². The van der Waals surface area contributed by atoms with Crippen molar-refractivity contribution in [3.05, 3.63) is 35.4 Å². The molecular weight excluding hydrogens is 270 g/mol. The highest BCUT2D eigenvalue weighted by atomic mass is 32.2. The second kappa shape index (κ2) is 10.6. The van der Waals surface area contributed by atoms with Gasteiger partial charge in [-0.05, 0) is 43.0 Å². The van der Waals surface area contributed by atoms with Gasteiger partial charge in [0.25, 0.3) is 0 Å². The number of amidine groups is 1. The van der Waals surface area contributed by atoms with Crippen molar-refractivity contribution in [3.63, 3.8) is 0 Å². The zero-order valence-corrected chi connectivity index (χ0v) is 13.0. The van der Waals surface area contributed by atoms with Crippen LogP contribution in [0.15, 0.2) is 29.4 Å². The molecule has 1 rings (SSSR count). The standard InChI is InChI=1S/C15H25N3OS/c1-20-10-5-3-2-4-9-17-12-13-7-6-8-14(11-13)15(16)18-19/h6-8,11,17,19H,2-5,9-10,12H2,1H3,(H2,16,18). The van der Waals surface area contributed by atoms with Crippen molar-refractivity contribution in [1.82, 2.24) is 5.32 Å². The minimum atomic E-state index is 0.153. The molecule has 0 atom stereocenters. The summed E-state index contributed by atoms with van der Waals surface area (Å²) in [6, 6.07) is 7.75. The molecule has 0 amide bonds. The van der Waals surface area contributed by atoms with Crippen molar-refractivity contribution in [3.8, 4) is 0 Å². The molecule has 0 saturated carbocycles. The van der Waals surface area contributed by atoms with Crippen LogP contribution >= 0.6 is 11.8 Å². The Morgan fingerprint density at radius 2 is 2.10 bits per heavy atom. The maximum Gasteiger partial charge on any atom is 0.170 e. The first-order chi connectivity index (χ1) is 9.77.